The molecule has 140 valence electrons. The van der Waals surface area contributed by atoms with Crippen LogP contribution in [-0.2, 0) is 4.79 Å². The van der Waals surface area contributed by atoms with Crippen LogP contribution in [0.1, 0.15) is 11.7 Å². The fourth-order valence-electron chi connectivity index (χ4n) is 3.12. The van der Waals surface area contributed by atoms with Gasteiger partial charge in [-0.3, -0.25) is 9.89 Å². The van der Waals surface area contributed by atoms with Crippen molar-refractivity contribution in [3.8, 4) is 28.1 Å². The van der Waals surface area contributed by atoms with Gasteiger partial charge in [-0.1, -0.05) is 30.3 Å². The lowest BCUT2D eigenvalue weighted by Crippen LogP contribution is -2.25. The van der Waals surface area contributed by atoms with Crippen LogP contribution in [0.3, 0.4) is 0 Å². The van der Waals surface area contributed by atoms with E-state index in [1.54, 1.807) is 42.6 Å². The van der Waals surface area contributed by atoms with Gasteiger partial charge in [-0.15, -0.1) is 0 Å². The zero-order chi connectivity index (χ0) is 19.7. The Hall–Kier alpha value is -3.71. The van der Waals surface area contributed by atoms with Crippen molar-refractivity contribution in [3.05, 3.63) is 66.4 Å². The normalized spacial score (nSPS) is 12.1. The molecule has 2 aromatic heterocycles. The van der Waals surface area contributed by atoms with Crippen molar-refractivity contribution in [2.75, 3.05) is 7.05 Å². The van der Waals surface area contributed by atoms with Gasteiger partial charge in [0.1, 0.15) is 5.75 Å². The van der Waals surface area contributed by atoms with E-state index in [1.807, 2.05) is 18.2 Å². The number of H-pyrrole nitrogens is 1. The van der Waals surface area contributed by atoms with Gasteiger partial charge in [0, 0.05) is 29.8 Å². The molecule has 1 unspecified atom stereocenters. The molecule has 0 aliphatic carbocycles. The molecule has 0 aliphatic rings. The maximum absolute atomic E-state index is 11.7. The minimum atomic E-state index is -1.24. The standard InChI is InChI=1S/C21H18N4O3/c1-22-21(28)19(27)13-6-4-5-12(9-13)14-10-16-18(24-25-20(16)23-11-14)15-7-2-3-8-17(15)26/h2-11,19,26-27H,1H3,(H,22,28)(H,23,24,25). The number of benzene rings is 2. The number of nitrogens with zero attached hydrogens (tertiary/aromatic N) is 2. The average molecular weight is 374 g/mol. The van der Waals surface area contributed by atoms with Gasteiger partial charge in [-0.2, -0.15) is 5.10 Å². The molecule has 1 amide bonds. The van der Waals surface area contributed by atoms with Crippen LogP contribution < -0.4 is 5.32 Å². The Morgan fingerprint density at radius 3 is 2.71 bits per heavy atom. The molecule has 4 N–H and O–H groups in total. The Labute approximate surface area is 160 Å². The number of hydrogen-bond acceptors (Lipinski definition) is 5. The summed E-state index contributed by atoms with van der Waals surface area (Å²) in [5.74, 6) is -0.323. The Morgan fingerprint density at radius 1 is 1.11 bits per heavy atom. The van der Waals surface area contributed by atoms with Gasteiger partial charge < -0.3 is 15.5 Å². The molecule has 2 aromatic carbocycles. The first-order valence-electron chi connectivity index (χ1n) is 8.71. The molecular weight excluding hydrogens is 356 g/mol. The number of rotatable bonds is 4. The summed E-state index contributed by atoms with van der Waals surface area (Å²) in [6.07, 6.45) is 0.441. The monoisotopic (exact) mass is 374 g/mol. The highest BCUT2D eigenvalue weighted by molar-refractivity contribution is 5.94. The van der Waals surface area contributed by atoms with Crippen LogP contribution in [0.25, 0.3) is 33.4 Å². The van der Waals surface area contributed by atoms with E-state index in [0.29, 0.717) is 22.5 Å². The smallest absolute Gasteiger partial charge is 0.253 e. The second-order valence-corrected chi connectivity index (χ2v) is 6.35. The lowest BCUT2D eigenvalue weighted by molar-refractivity contribution is -0.129. The summed E-state index contributed by atoms with van der Waals surface area (Å²) in [4.78, 5) is 16.1. The SMILES string of the molecule is CNC(=O)C(O)c1cccc(-c2cnc3n[nH]c(-c4ccccc4O)c3c2)c1. The Balaban J connectivity index is 1.80. The van der Waals surface area contributed by atoms with E-state index in [4.69, 9.17) is 0 Å². The van der Waals surface area contributed by atoms with Crippen LogP contribution in [0.2, 0.25) is 0 Å². The van der Waals surface area contributed by atoms with Gasteiger partial charge in [0.15, 0.2) is 11.8 Å². The number of aromatic nitrogens is 3. The first kappa shape index (κ1) is 17.7. The summed E-state index contributed by atoms with van der Waals surface area (Å²) < 4.78 is 0. The predicted octanol–water partition coefficient (Wildman–Crippen LogP) is 2.78. The number of fused-ring (bicyclic) bond motifs is 1. The number of aromatic amines is 1. The van der Waals surface area contributed by atoms with Crippen LogP contribution in [-0.4, -0.2) is 38.3 Å². The summed E-state index contributed by atoms with van der Waals surface area (Å²) in [6, 6.07) is 16.0. The van der Waals surface area contributed by atoms with E-state index in [-0.39, 0.29) is 5.75 Å². The number of carbonyl (C=O) groups is 1. The third kappa shape index (κ3) is 3.08. The molecule has 2 heterocycles. The minimum Gasteiger partial charge on any atom is -0.507 e. The topological polar surface area (TPSA) is 111 Å². The van der Waals surface area contributed by atoms with Crippen molar-refractivity contribution >= 4 is 16.9 Å². The number of hydrogen-bond donors (Lipinski definition) is 4. The van der Waals surface area contributed by atoms with E-state index in [1.165, 1.54) is 7.05 Å². The number of aliphatic hydroxyl groups is 1. The van der Waals surface area contributed by atoms with Crippen molar-refractivity contribution in [3.63, 3.8) is 0 Å². The van der Waals surface area contributed by atoms with E-state index >= 15 is 0 Å². The first-order valence-corrected chi connectivity index (χ1v) is 8.71. The number of aliphatic hydroxyl groups excluding tert-OH is 1. The molecule has 0 bridgehead atoms. The molecule has 1 atom stereocenters. The number of phenolic OH excluding ortho intramolecular Hbond substituents is 1. The number of likely N-dealkylation sites (N-methyl/N-ethyl adjacent to an activating group) is 1. The maximum atomic E-state index is 11.7. The molecule has 4 rings (SSSR count). The van der Waals surface area contributed by atoms with Crippen molar-refractivity contribution in [2.45, 2.75) is 6.10 Å². The third-order valence-electron chi connectivity index (χ3n) is 4.61. The summed E-state index contributed by atoms with van der Waals surface area (Å²) in [5.41, 5.74) is 3.93. The highest BCUT2D eigenvalue weighted by Gasteiger charge is 2.17. The fourth-order valence-corrected chi connectivity index (χ4v) is 3.12. The molecule has 0 spiro atoms. The predicted molar refractivity (Wildman–Crippen MR) is 105 cm³/mol. The zero-order valence-corrected chi connectivity index (χ0v) is 15.0. The highest BCUT2D eigenvalue weighted by atomic mass is 16.3. The molecule has 7 heteroatoms. The molecule has 0 saturated heterocycles. The number of amides is 1. The number of carbonyl (C=O) groups excluding carboxylic acids is 1. The number of pyridine rings is 1. The van der Waals surface area contributed by atoms with E-state index in [2.05, 4.69) is 20.5 Å². The van der Waals surface area contributed by atoms with Gasteiger partial charge >= 0.3 is 0 Å². The lowest BCUT2D eigenvalue weighted by atomic mass is 10.00. The molecule has 0 radical (unpaired) electrons. The van der Waals surface area contributed by atoms with Gasteiger partial charge in [0.25, 0.3) is 5.91 Å². The van der Waals surface area contributed by atoms with Gasteiger partial charge in [0.05, 0.1) is 5.69 Å². The highest BCUT2D eigenvalue weighted by Crippen LogP contribution is 2.34. The molecule has 0 fully saturated rings. The Kier molecular flexibility index (Phi) is 4.50. The summed E-state index contributed by atoms with van der Waals surface area (Å²) >= 11 is 0. The zero-order valence-electron chi connectivity index (χ0n) is 15.0. The van der Waals surface area contributed by atoms with E-state index in [9.17, 15) is 15.0 Å². The third-order valence-corrected chi connectivity index (χ3v) is 4.61. The summed E-state index contributed by atoms with van der Waals surface area (Å²) in [6.45, 7) is 0. The lowest BCUT2D eigenvalue weighted by Gasteiger charge is -2.11. The Morgan fingerprint density at radius 2 is 1.93 bits per heavy atom. The van der Waals surface area contributed by atoms with E-state index in [0.717, 1.165) is 16.5 Å². The number of phenols is 1. The summed E-state index contributed by atoms with van der Waals surface area (Å²) in [5, 5.41) is 30.7. The minimum absolute atomic E-state index is 0.147. The van der Waals surface area contributed by atoms with Crippen molar-refractivity contribution in [2.24, 2.45) is 0 Å². The largest absolute Gasteiger partial charge is 0.507 e. The van der Waals surface area contributed by atoms with Gasteiger partial charge in [-0.25, -0.2) is 4.98 Å². The number of aromatic hydroxyl groups is 1. The molecular formula is C21H18N4O3. The molecule has 4 aromatic rings. The Bertz CT molecular complexity index is 1170. The van der Waals surface area contributed by atoms with Crippen LogP contribution in [0.5, 0.6) is 5.75 Å². The maximum Gasteiger partial charge on any atom is 0.253 e. The van der Waals surface area contributed by atoms with Gasteiger partial charge in [0.2, 0.25) is 0 Å². The van der Waals surface area contributed by atoms with Crippen LogP contribution >= 0.6 is 0 Å². The first-order chi connectivity index (χ1) is 13.6. The molecule has 0 saturated carbocycles. The molecule has 0 aliphatic heterocycles. The van der Waals surface area contributed by atoms with Crippen LogP contribution in [0, 0.1) is 0 Å². The average Bonchev–Trinajstić information content (AvgIpc) is 3.16. The second-order valence-electron chi connectivity index (χ2n) is 6.35. The van der Waals surface area contributed by atoms with Crippen molar-refractivity contribution < 1.29 is 15.0 Å². The van der Waals surface area contributed by atoms with Crippen molar-refractivity contribution in [1.82, 2.24) is 20.5 Å². The fraction of sp³-hybridized carbons (Fsp3) is 0.0952. The van der Waals surface area contributed by atoms with Crippen molar-refractivity contribution in [1.29, 1.82) is 0 Å². The quantitative estimate of drug-likeness (QED) is 0.439. The second kappa shape index (κ2) is 7.13. The molecule has 7 nitrogen and oxygen atoms in total. The number of para-hydroxylation sites is 1. The van der Waals surface area contributed by atoms with E-state index < -0.39 is 12.0 Å². The summed E-state index contributed by atoms with van der Waals surface area (Å²) in [7, 11) is 1.48. The van der Waals surface area contributed by atoms with Gasteiger partial charge in [-0.05, 0) is 35.4 Å². The molecule has 28 heavy (non-hydrogen) atoms. The van der Waals surface area contributed by atoms with Crippen LogP contribution in [0.4, 0.5) is 0 Å². The van der Waals surface area contributed by atoms with Crippen LogP contribution in [0.15, 0.2) is 60.8 Å². The number of nitrogens with one attached hydrogen (secondary N) is 2.